The highest BCUT2D eigenvalue weighted by molar-refractivity contribution is 8.15. The van der Waals surface area contributed by atoms with Crippen LogP contribution in [0.3, 0.4) is 0 Å². The van der Waals surface area contributed by atoms with Gasteiger partial charge in [-0.3, -0.25) is 9.69 Å². The molecule has 3 aromatic carbocycles. The first kappa shape index (κ1) is 33.3. The van der Waals surface area contributed by atoms with E-state index in [0.29, 0.717) is 39.4 Å². The number of amides is 3. The van der Waals surface area contributed by atoms with Crippen molar-refractivity contribution in [2.75, 3.05) is 17.8 Å². The van der Waals surface area contributed by atoms with E-state index in [1.54, 1.807) is 26.2 Å². The summed E-state index contributed by atoms with van der Waals surface area (Å²) in [6, 6.07) is 17.5. The van der Waals surface area contributed by atoms with E-state index < -0.39 is 12.4 Å². The second kappa shape index (κ2) is 13.7. The number of carbonyl (C=O) groups is 2. The molecule has 1 N–H and O–H groups in total. The lowest BCUT2D eigenvalue weighted by Crippen LogP contribution is -2.32. The van der Waals surface area contributed by atoms with Crippen LogP contribution in [0, 0.1) is 0 Å². The first-order valence-corrected chi connectivity index (χ1v) is 15.4. The van der Waals surface area contributed by atoms with Gasteiger partial charge in [0.2, 0.25) is 5.91 Å². The molecule has 1 aliphatic rings. The third kappa shape index (κ3) is 7.83. The number of hydrogen-bond acceptors (Lipinski definition) is 7. The van der Waals surface area contributed by atoms with Gasteiger partial charge in [-0.05, 0) is 78.9 Å². The Morgan fingerprint density at radius 3 is 2.34 bits per heavy atom. The number of aromatic nitrogens is 3. The summed E-state index contributed by atoms with van der Waals surface area (Å²) in [5, 5.41) is 7.54. The van der Waals surface area contributed by atoms with Gasteiger partial charge in [0, 0.05) is 11.3 Å². The molecule has 0 saturated carbocycles. The van der Waals surface area contributed by atoms with Crippen LogP contribution in [0.2, 0.25) is 0 Å². The van der Waals surface area contributed by atoms with Gasteiger partial charge in [0.05, 0.1) is 24.2 Å². The molecule has 1 aromatic heterocycles. The molecule has 47 heavy (non-hydrogen) atoms. The van der Waals surface area contributed by atoms with E-state index in [-0.39, 0.29) is 23.3 Å². The van der Waals surface area contributed by atoms with Crippen LogP contribution < -0.4 is 19.7 Å². The van der Waals surface area contributed by atoms with Crippen molar-refractivity contribution >= 4 is 40.1 Å². The highest BCUT2D eigenvalue weighted by Gasteiger charge is 2.33. The van der Waals surface area contributed by atoms with Gasteiger partial charge in [-0.25, -0.2) is 14.5 Å². The lowest BCUT2D eigenvalue weighted by molar-refractivity contribution is -0.274. The zero-order valence-corrected chi connectivity index (χ0v) is 26.9. The van der Waals surface area contributed by atoms with Crippen LogP contribution in [0.15, 0.2) is 83.7 Å². The van der Waals surface area contributed by atoms with Crippen molar-refractivity contribution in [3.8, 4) is 28.6 Å². The van der Waals surface area contributed by atoms with Crippen molar-refractivity contribution in [3.05, 3.63) is 89.9 Å². The number of nitrogens with one attached hydrogen (secondary N) is 1. The molecule has 1 aliphatic heterocycles. The Kier molecular flexibility index (Phi) is 9.70. The topological polar surface area (TPSA) is 111 Å². The molecular formula is C33H31F3N6O4S. The Morgan fingerprint density at radius 1 is 1.02 bits per heavy atom. The maximum atomic E-state index is 13.0. The largest absolute Gasteiger partial charge is 0.573 e. The highest BCUT2D eigenvalue weighted by Crippen LogP contribution is 2.36. The summed E-state index contributed by atoms with van der Waals surface area (Å²) < 4.78 is 48.1. The normalized spacial score (nSPS) is 14.9. The van der Waals surface area contributed by atoms with Gasteiger partial charge < -0.3 is 14.8 Å². The van der Waals surface area contributed by atoms with Crippen LogP contribution in [-0.4, -0.2) is 51.1 Å². The SMILES string of the molecule is COc1ccc(N2C(=O)CSC2=NC(=O)N/C(C)=C(\C)c2ccc(-c3ncn(-c4ccc(OC(F)(F)F)cc4)n3)cc2)c(C(C)C)c1. The zero-order valence-electron chi connectivity index (χ0n) is 26.1. The van der Waals surface area contributed by atoms with Crippen LogP contribution >= 0.6 is 11.8 Å². The van der Waals surface area contributed by atoms with Gasteiger partial charge in [0.1, 0.15) is 17.8 Å². The Morgan fingerprint density at radius 2 is 1.70 bits per heavy atom. The number of benzene rings is 3. The van der Waals surface area contributed by atoms with Gasteiger partial charge in [-0.1, -0.05) is 49.9 Å². The number of hydrogen-bond donors (Lipinski definition) is 1. The summed E-state index contributed by atoms with van der Waals surface area (Å²) in [5.41, 5.74) is 5.02. The molecule has 4 aromatic rings. The van der Waals surface area contributed by atoms with Crippen molar-refractivity contribution in [2.24, 2.45) is 4.99 Å². The Bertz CT molecular complexity index is 1850. The molecule has 5 rings (SSSR count). The molecule has 14 heteroatoms. The van der Waals surface area contributed by atoms with E-state index in [4.69, 9.17) is 4.74 Å². The van der Waals surface area contributed by atoms with Crippen molar-refractivity contribution in [3.63, 3.8) is 0 Å². The minimum atomic E-state index is -4.77. The van der Waals surface area contributed by atoms with E-state index in [2.05, 4.69) is 25.1 Å². The second-order valence-corrected chi connectivity index (χ2v) is 11.7. The Labute approximate surface area is 273 Å². The highest BCUT2D eigenvalue weighted by atomic mass is 32.2. The van der Waals surface area contributed by atoms with E-state index in [9.17, 15) is 22.8 Å². The van der Waals surface area contributed by atoms with Crippen molar-refractivity contribution in [1.82, 2.24) is 20.1 Å². The van der Waals surface area contributed by atoms with Gasteiger partial charge >= 0.3 is 12.4 Å². The summed E-state index contributed by atoms with van der Waals surface area (Å²) in [6.07, 6.45) is -3.31. The monoisotopic (exact) mass is 664 g/mol. The third-order valence-electron chi connectivity index (χ3n) is 7.32. The number of carbonyl (C=O) groups excluding carboxylic acids is 2. The van der Waals surface area contributed by atoms with Crippen LogP contribution in [0.25, 0.3) is 22.6 Å². The molecule has 0 atom stereocenters. The number of ether oxygens (including phenoxy) is 2. The molecule has 0 aliphatic carbocycles. The average Bonchev–Trinajstić information content (AvgIpc) is 3.67. The number of rotatable bonds is 8. The number of aliphatic imine (C=N–C) groups is 1. The van der Waals surface area contributed by atoms with Gasteiger partial charge in [0.15, 0.2) is 11.0 Å². The maximum Gasteiger partial charge on any atom is 0.573 e. The predicted octanol–water partition coefficient (Wildman–Crippen LogP) is 7.56. The summed E-state index contributed by atoms with van der Waals surface area (Å²) >= 11 is 1.20. The molecule has 1 saturated heterocycles. The third-order valence-corrected chi connectivity index (χ3v) is 8.24. The zero-order chi connectivity index (χ0) is 33.9. The lowest BCUT2D eigenvalue weighted by atomic mass is 10.00. The number of thioether (sulfide) groups is 1. The average molecular weight is 665 g/mol. The summed E-state index contributed by atoms with van der Waals surface area (Å²) in [6.45, 7) is 7.67. The first-order valence-electron chi connectivity index (χ1n) is 14.4. The van der Waals surface area contributed by atoms with E-state index in [0.717, 1.165) is 16.7 Å². The van der Waals surface area contributed by atoms with Crippen molar-refractivity contribution in [1.29, 1.82) is 0 Å². The predicted molar refractivity (Wildman–Crippen MR) is 175 cm³/mol. The van der Waals surface area contributed by atoms with Crippen LogP contribution in [0.4, 0.5) is 23.7 Å². The van der Waals surface area contributed by atoms with Gasteiger partial charge in [-0.15, -0.1) is 18.3 Å². The fraction of sp³-hybridized carbons (Fsp3) is 0.242. The van der Waals surface area contributed by atoms with Gasteiger partial charge in [0.25, 0.3) is 0 Å². The van der Waals surface area contributed by atoms with Gasteiger partial charge in [-0.2, -0.15) is 4.99 Å². The quantitative estimate of drug-likeness (QED) is 0.207. The molecule has 0 radical (unpaired) electrons. The lowest BCUT2D eigenvalue weighted by Gasteiger charge is -2.22. The molecule has 0 spiro atoms. The number of urea groups is 1. The summed E-state index contributed by atoms with van der Waals surface area (Å²) in [5.74, 6) is 0.872. The molecule has 244 valence electrons. The number of alkyl halides is 3. The summed E-state index contributed by atoms with van der Waals surface area (Å²) in [7, 11) is 1.58. The molecule has 0 unspecified atom stereocenters. The summed E-state index contributed by atoms with van der Waals surface area (Å²) in [4.78, 5) is 35.9. The van der Waals surface area contributed by atoms with Crippen LogP contribution in [0.1, 0.15) is 44.7 Å². The minimum Gasteiger partial charge on any atom is -0.497 e. The molecule has 3 amide bonds. The molecule has 2 heterocycles. The van der Waals surface area contributed by atoms with Crippen molar-refractivity contribution < 1.29 is 32.2 Å². The van der Waals surface area contributed by atoms with Crippen LogP contribution in [0.5, 0.6) is 11.5 Å². The standard InChI is InChI=1S/C33H31F3N6O4S/c1-19(2)27-16-26(45-5)14-15-28(27)42-29(43)17-47-32(42)39-31(44)38-21(4)20(3)22-6-8-23(9-7-22)30-37-18-41(40-30)24-10-12-25(13-11-24)46-33(34,35)36/h6-16,18-19H,17H2,1-5H3,(H,38,44)/b21-20+,39-32?. The smallest absolute Gasteiger partial charge is 0.497 e. The van der Waals surface area contributed by atoms with E-state index in [1.807, 2.05) is 51.1 Å². The fourth-order valence-electron chi connectivity index (χ4n) is 4.78. The number of allylic oxidation sites excluding steroid dienone is 2. The second-order valence-electron chi connectivity index (χ2n) is 10.8. The molecule has 10 nitrogen and oxygen atoms in total. The molecule has 0 bridgehead atoms. The fourth-order valence-corrected chi connectivity index (χ4v) is 5.64. The molecule has 1 fully saturated rings. The number of amidine groups is 1. The Balaban J connectivity index is 1.28. The molecular weight excluding hydrogens is 633 g/mol. The van der Waals surface area contributed by atoms with Crippen molar-refractivity contribution in [2.45, 2.75) is 40.0 Å². The van der Waals surface area contributed by atoms with E-state index >= 15 is 0 Å². The number of nitrogens with zero attached hydrogens (tertiary/aromatic N) is 5. The van der Waals surface area contributed by atoms with Crippen LogP contribution in [-0.2, 0) is 4.79 Å². The van der Waals surface area contributed by atoms with E-state index in [1.165, 1.54) is 51.9 Å². The number of anilines is 1. The Hall–Kier alpha value is -5.11. The number of halogens is 3. The first-order chi connectivity index (χ1) is 22.3. The minimum absolute atomic E-state index is 0.0989. The number of methoxy groups -OCH3 is 1. The maximum absolute atomic E-state index is 13.0.